The molecule has 2 bridgehead atoms. The highest BCUT2D eigenvalue weighted by Gasteiger charge is 2.44. The number of rotatable bonds is 3. The van der Waals surface area contributed by atoms with Crippen molar-refractivity contribution >= 4 is 17.2 Å². The molecule has 0 aromatic carbocycles. The van der Waals surface area contributed by atoms with Gasteiger partial charge in [-0.2, -0.15) is 13.2 Å². The lowest BCUT2D eigenvalue weighted by atomic mass is 9.88. The van der Waals surface area contributed by atoms with E-state index < -0.39 is 11.9 Å². The summed E-state index contributed by atoms with van der Waals surface area (Å²) < 4.78 is 37.5. The van der Waals surface area contributed by atoms with Gasteiger partial charge in [-0.05, 0) is 31.1 Å². The number of carbonyl (C=O) groups excluding carboxylic acids is 1. The zero-order valence-electron chi connectivity index (χ0n) is 11.7. The van der Waals surface area contributed by atoms with Crippen LogP contribution in [0.3, 0.4) is 0 Å². The highest BCUT2D eigenvalue weighted by Crippen LogP contribution is 2.48. The molecule has 7 heteroatoms. The van der Waals surface area contributed by atoms with E-state index in [-0.39, 0.29) is 18.4 Å². The van der Waals surface area contributed by atoms with Gasteiger partial charge in [-0.15, -0.1) is 11.3 Å². The Hall–Kier alpha value is -1.11. The van der Waals surface area contributed by atoms with Gasteiger partial charge in [-0.1, -0.05) is 6.42 Å². The lowest BCUT2D eigenvalue weighted by Gasteiger charge is -2.26. The highest BCUT2D eigenvalue weighted by molar-refractivity contribution is 7.09. The summed E-state index contributed by atoms with van der Waals surface area (Å²) >= 11 is 0.955. The number of hydrogen-bond donors (Lipinski definition) is 0. The van der Waals surface area contributed by atoms with Crippen molar-refractivity contribution in [2.75, 3.05) is 7.05 Å². The summed E-state index contributed by atoms with van der Waals surface area (Å²) in [6.07, 6.45) is 0.00510. The third-order valence-electron chi connectivity index (χ3n) is 4.65. The van der Waals surface area contributed by atoms with E-state index >= 15 is 0 Å². The lowest BCUT2D eigenvalue weighted by Crippen LogP contribution is -2.35. The Morgan fingerprint density at radius 3 is 2.71 bits per heavy atom. The quantitative estimate of drug-likeness (QED) is 0.854. The van der Waals surface area contributed by atoms with Gasteiger partial charge in [-0.3, -0.25) is 4.79 Å². The number of fused-ring (bicyclic) bond motifs is 2. The van der Waals surface area contributed by atoms with Crippen LogP contribution in [0, 0.1) is 17.8 Å². The van der Waals surface area contributed by atoms with Gasteiger partial charge in [0.2, 0.25) is 5.91 Å². The van der Waals surface area contributed by atoms with E-state index in [9.17, 15) is 18.0 Å². The van der Waals surface area contributed by atoms with Gasteiger partial charge in [0.15, 0.2) is 5.69 Å². The molecule has 1 aromatic heterocycles. The summed E-state index contributed by atoms with van der Waals surface area (Å²) in [4.78, 5) is 17.5. The van der Waals surface area contributed by atoms with Gasteiger partial charge >= 0.3 is 6.18 Å². The zero-order chi connectivity index (χ0) is 15.2. The van der Waals surface area contributed by atoms with E-state index in [0.29, 0.717) is 16.8 Å². The van der Waals surface area contributed by atoms with Crippen LogP contribution in [0.5, 0.6) is 0 Å². The molecule has 3 unspecified atom stereocenters. The first kappa shape index (κ1) is 14.8. The van der Waals surface area contributed by atoms with Crippen LogP contribution in [-0.4, -0.2) is 22.8 Å². The molecule has 2 aliphatic carbocycles. The van der Waals surface area contributed by atoms with Crippen molar-refractivity contribution in [3.8, 4) is 0 Å². The maximum absolute atomic E-state index is 12.5. The molecular formula is C14H17F3N2OS. The Labute approximate surface area is 125 Å². The summed E-state index contributed by atoms with van der Waals surface area (Å²) in [6, 6.07) is 0. The molecule has 2 fully saturated rings. The van der Waals surface area contributed by atoms with Crippen LogP contribution in [-0.2, 0) is 17.5 Å². The lowest BCUT2D eigenvalue weighted by molar-refractivity contribution is -0.140. The summed E-state index contributed by atoms with van der Waals surface area (Å²) in [5.74, 6) is 1.28. The average molecular weight is 318 g/mol. The number of alkyl halides is 3. The highest BCUT2D eigenvalue weighted by atomic mass is 32.1. The molecule has 0 radical (unpaired) electrons. The van der Waals surface area contributed by atoms with Crippen molar-refractivity contribution in [3.05, 3.63) is 16.1 Å². The standard InChI is InChI=1S/C14H17F3N2OS/c1-19(6-12-18-11(7-21-12)14(15,16)17)13(20)10-5-8-2-3-9(10)4-8/h7-10H,2-6H2,1H3. The van der Waals surface area contributed by atoms with Crippen LogP contribution in [0.4, 0.5) is 13.2 Å². The van der Waals surface area contributed by atoms with E-state index in [1.807, 2.05) is 0 Å². The second kappa shape index (κ2) is 5.26. The van der Waals surface area contributed by atoms with Gasteiger partial charge in [0.25, 0.3) is 0 Å². The van der Waals surface area contributed by atoms with Crippen LogP contribution in [0.25, 0.3) is 0 Å². The molecule has 2 aliphatic rings. The van der Waals surface area contributed by atoms with Crippen molar-refractivity contribution in [3.63, 3.8) is 0 Å². The van der Waals surface area contributed by atoms with Gasteiger partial charge < -0.3 is 4.90 Å². The van der Waals surface area contributed by atoms with Crippen LogP contribution in [0.2, 0.25) is 0 Å². The number of amides is 1. The summed E-state index contributed by atoms with van der Waals surface area (Å²) in [6.45, 7) is 0.160. The molecule has 1 amide bonds. The van der Waals surface area contributed by atoms with E-state index in [2.05, 4.69) is 4.98 Å². The SMILES string of the molecule is CN(Cc1nc(C(F)(F)F)cs1)C(=O)C1CC2CCC1C2. The molecule has 3 atom stereocenters. The van der Waals surface area contributed by atoms with E-state index in [0.717, 1.165) is 36.0 Å². The van der Waals surface area contributed by atoms with E-state index in [1.54, 1.807) is 7.05 Å². The first-order valence-corrected chi connectivity index (χ1v) is 7.99. The monoisotopic (exact) mass is 318 g/mol. The Bertz CT molecular complexity index is 543. The average Bonchev–Trinajstić information content (AvgIpc) is 3.12. The molecule has 116 valence electrons. The molecule has 0 spiro atoms. The van der Waals surface area contributed by atoms with Crippen molar-refractivity contribution in [1.29, 1.82) is 0 Å². The van der Waals surface area contributed by atoms with Gasteiger partial charge in [-0.25, -0.2) is 4.98 Å². The number of halogens is 3. The molecule has 3 nitrogen and oxygen atoms in total. The predicted molar refractivity (Wildman–Crippen MR) is 72.5 cm³/mol. The maximum atomic E-state index is 12.5. The smallest absolute Gasteiger partial charge is 0.339 e. The van der Waals surface area contributed by atoms with Gasteiger partial charge in [0.05, 0.1) is 6.54 Å². The fourth-order valence-corrected chi connectivity index (χ4v) is 4.48. The number of nitrogens with zero attached hydrogens (tertiary/aromatic N) is 2. The Morgan fingerprint density at radius 2 is 2.19 bits per heavy atom. The van der Waals surface area contributed by atoms with Crippen LogP contribution in [0.1, 0.15) is 36.4 Å². The number of aromatic nitrogens is 1. The Balaban J connectivity index is 1.62. The molecule has 0 N–H and O–H groups in total. The Kier molecular flexibility index (Phi) is 3.71. The minimum absolute atomic E-state index is 0.0611. The molecule has 2 saturated carbocycles. The third kappa shape index (κ3) is 2.93. The normalized spacial score (nSPS) is 28.1. The fourth-order valence-electron chi connectivity index (χ4n) is 3.62. The number of thiazole rings is 1. The van der Waals surface area contributed by atoms with Crippen molar-refractivity contribution in [1.82, 2.24) is 9.88 Å². The first-order valence-electron chi connectivity index (χ1n) is 7.11. The van der Waals surface area contributed by atoms with E-state index in [4.69, 9.17) is 0 Å². The molecule has 0 saturated heterocycles. The minimum atomic E-state index is -4.41. The largest absolute Gasteiger partial charge is 0.434 e. The second-order valence-corrected chi connectivity index (χ2v) is 7.04. The first-order chi connectivity index (χ1) is 9.84. The maximum Gasteiger partial charge on any atom is 0.434 e. The van der Waals surface area contributed by atoms with Gasteiger partial charge in [0, 0.05) is 18.3 Å². The molecule has 0 aliphatic heterocycles. The van der Waals surface area contributed by atoms with Crippen LogP contribution < -0.4 is 0 Å². The van der Waals surface area contributed by atoms with Crippen LogP contribution in [0.15, 0.2) is 5.38 Å². The predicted octanol–water partition coefficient (Wildman–Crippen LogP) is 3.56. The molecular weight excluding hydrogens is 301 g/mol. The minimum Gasteiger partial charge on any atom is -0.339 e. The number of hydrogen-bond acceptors (Lipinski definition) is 3. The topological polar surface area (TPSA) is 33.2 Å². The van der Waals surface area contributed by atoms with Crippen molar-refractivity contribution < 1.29 is 18.0 Å². The molecule has 21 heavy (non-hydrogen) atoms. The third-order valence-corrected chi connectivity index (χ3v) is 5.48. The van der Waals surface area contributed by atoms with Crippen LogP contribution >= 0.6 is 11.3 Å². The summed E-state index contributed by atoms with van der Waals surface area (Å²) in [5.41, 5.74) is -0.872. The molecule has 1 aromatic rings. The second-order valence-electron chi connectivity index (χ2n) is 6.10. The van der Waals surface area contributed by atoms with Crippen molar-refractivity contribution in [2.45, 2.75) is 38.4 Å². The van der Waals surface area contributed by atoms with Gasteiger partial charge in [0.1, 0.15) is 5.01 Å². The van der Waals surface area contributed by atoms with Crippen molar-refractivity contribution in [2.24, 2.45) is 17.8 Å². The summed E-state index contributed by atoms with van der Waals surface area (Å²) in [7, 11) is 1.66. The fraction of sp³-hybridized carbons (Fsp3) is 0.714. The number of carbonyl (C=O) groups is 1. The molecule has 1 heterocycles. The summed E-state index contributed by atoms with van der Waals surface area (Å²) in [5, 5.41) is 1.34. The van der Waals surface area contributed by atoms with E-state index in [1.165, 1.54) is 11.3 Å². The zero-order valence-corrected chi connectivity index (χ0v) is 12.5. The molecule has 3 rings (SSSR count). The Morgan fingerprint density at radius 1 is 1.43 bits per heavy atom.